The largest absolute Gasteiger partial charge is 0.508 e. The molecule has 0 spiro atoms. The SMILES string of the molecule is CC(c1ccc(O)cc1)N(C)C(=O)CC1CCCC1. The summed E-state index contributed by atoms with van der Waals surface area (Å²) in [5, 5.41) is 9.30. The van der Waals surface area contributed by atoms with Crippen molar-refractivity contribution in [3.8, 4) is 5.75 Å². The Morgan fingerprint density at radius 2 is 1.89 bits per heavy atom. The lowest BCUT2D eigenvalue weighted by Gasteiger charge is -2.26. The molecule has 1 N–H and O–H groups in total. The number of rotatable bonds is 4. The van der Waals surface area contributed by atoms with E-state index in [0.29, 0.717) is 12.3 Å². The van der Waals surface area contributed by atoms with Crippen molar-refractivity contribution in [1.82, 2.24) is 4.90 Å². The van der Waals surface area contributed by atoms with Crippen LogP contribution in [0.2, 0.25) is 0 Å². The molecule has 1 unspecified atom stereocenters. The summed E-state index contributed by atoms with van der Waals surface area (Å²) < 4.78 is 0. The number of hydrogen-bond donors (Lipinski definition) is 1. The van der Waals surface area contributed by atoms with Crippen LogP contribution in [0.4, 0.5) is 0 Å². The summed E-state index contributed by atoms with van der Waals surface area (Å²) in [7, 11) is 1.87. The fourth-order valence-corrected chi connectivity index (χ4v) is 2.80. The summed E-state index contributed by atoms with van der Waals surface area (Å²) in [5.74, 6) is 1.07. The number of aromatic hydroxyl groups is 1. The maximum atomic E-state index is 12.3. The van der Waals surface area contributed by atoms with Crippen molar-refractivity contribution in [2.75, 3.05) is 7.05 Å². The second-order valence-corrected chi connectivity index (χ2v) is 5.63. The second kappa shape index (κ2) is 6.09. The number of hydrogen-bond acceptors (Lipinski definition) is 2. The molecule has 1 aliphatic rings. The molecule has 1 aromatic rings. The van der Waals surface area contributed by atoms with Gasteiger partial charge >= 0.3 is 0 Å². The van der Waals surface area contributed by atoms with Crippen LogP contribution in [0.1, 0.15) is 50.6 Å². The first-order chi connectivity index (χ1) is 9.08. The first kappa shape index (κ1) is 13.9. The van der Waals surface area contributed by atoms with E-state index < -0.39 is 0 Å². The average molecular weight is 261 g/mol. The first-order valence-corrected chi connectivity index (χ1v) is 7.12. The van der Waals surface area contributed by atoms with Gasteiger partial charge in [0.2, 0.25) is 5.91 Å². The molecular weight excluding hydrogens is 238 g/mol. The van der Waals surface area contributed by atoms with Gasteiger partial charge in [-0.2, -0.15) is 0 Å². The Kier molecular flexibility index (Phi) is 4.46. The van der Waals surface area contributed by atoms with Crippen molar-refractivity contribution in [2.24, 2.45) is 5.92 Å². The van der Waals surface area contributed by atoms with E-state index in [2.05, 4.69) is 0 Å². The molecule has 1 aromatic carbocycles. The summed E-state index contributed by atoms with van der Waals surface area (Å²) >= 11 is 0. The number of nitrogens with zero attached hydrogens (tertiary/aromatic N) is 1. The van der Waals surface area contributed by atoms with Gasteiger partial charge in [0.05, 0.1) is 6.04 Å². The number of amides is 1. The van der Waals surface area contributed by atoms with Gasteiger partial charge in [0.25, 0.3) is 0 Å². The van der Waals surface area contributed by atoms with Gasteiger partial charge in [0.15, 0.2) is 0 Å². The molecule has 104 valence electrons. The molecule has 0 bridgehead atoms. The Morgan fingerprint density at radius 3 is 2.47 bits per heavy atom. The van der Waals surface area contributed by atoms with Crippen molar-refractivity contribution in [3.05, 3.63) is 29.8 Å². The first-order valence-electron chi connectivity index (χ1n) is 7.12. The highest BCUT2D eigenvalue weighted by Gasteiger charge is 2.23. The van der Waals surface area contributed by atoms with E-state index in [1.165, 1.54) is 25.7 Å². The molecule has 0 aliphatic heterocycles. The van der Waals surface area contributed by atoms with Crippen molar-refractivity contribution < 1.29 is 9.90 Å². The molecule has 1 amide bonds. The quantitative estimate of drug-likeness (QED) is 0.901. The lowest BCUT2D eigenvalue weighted by atomic mass is 10.0. The molecule has 1 saturated carbocycles. The monoisotopic (exact) mass is 261 g/mol. The number of phenolic OH excluding ortho intramolecular Hbond substituents is 1. The summed E-state index contributed by atoms with van der Waals surface area (Å²) in [6, 6.07) is 7.13. The molecule has 19 heavy (non-hydrogen) atoms. The van der Waals surface area contributed by atoms with E-state index in [0.717, 1.165) is 5.56 Å². The van der Waals surface area contributed by atoms with Gasteiger partial charge in [0, 0.05) is 13.5 Å². The van der Waals surface area contributed by atoms with Gasteiger partial charge in [-0.25, -0.2) is 0 Å². The molecular formula is C16H23NO2. The highest BCUT2D eigenvalue weighted by molar-refractivity contribution is 5.76. The molecule has 2 rings (SSSR count). The summed E-state index contributed by atoms with van der Waals surface area (Å²) in [4.78, 5) is 14.1. The van der Waals surface area contributed by atoms with E-state index in [1.807, 2.05) is 31.0 Å². The minimum atomic E-state index is 0.0505. The number of phenols is 1. The third-order valence-electron chi connectivity index (χ3n) is 4.29. The fraction of sp³-hybridized carbons (Fsp3) is 0.562. The summed E-state index contributed by atoms with van der Waals surface area (Å²) in [5.41, 5.74) is 1.06. The third-order valence-corrected chi connectivity index (χ3v) is 4.29. The Labute approximate surface area is 115 Å². The van der Waals surface area contributed by atoms with Crippen LogP contribution in [-0.4, -0.2) is 23.0 Å². The maximum Gasteiger partial charge on any atom is 0.223 e. The predicted molar refractivity (Wildman–Crippen MR) is 75.9 cm³/mol. The van der Waals surface area contributed by atoms with Crippen molar-refractivity contribution in [3.63, 3.8) is 0 Å². The van der Waals surface area contributed by atoms with Crippen molar-refractivity contribution >= 4 is 5.91 Å². The summed E-state index contributed by atoms with van der Waals surface area (Å²) in [6.45, 7) is 2.03. The Hall–Kier alpha value is -1.51. The summed E-state index contributed by atoms with van der Waals surface area (Å²) in [6.07, 6.45) is 5.63. The minimum Gasteiger partial charge on any atom is -0.508 e. The average Bonchev–Trinajstić information content (AvgIpc) is 2.90. The van der Waals surface area contributed by atoms with Crippen LogP contribution in [0, 0.1) is 5.92 Å². The molecule has 0 aromatic heterocycles. The topological polar surface area (TPSA) is 40.5 Å². The molecule has 0 saturated heterocycles. The van der Waals surface area contributed by atoms with Crippen LogP contribution < -0.4 is 0 Å². The highest BCUT2D eigenvalue weighted by Crippen LogP contribution is 2.29. The fourth-order valence-electron chi connectivity index (χ4n) is 2.80. The minimum absolute atomic E-state index is 0.0505. The third kappa shape index (κ3) is 3.49. The molecule has 0 heterocycles. The van der Waals surface area contributed by atoms with Crippen LogP contribution in [0.15, 0.2) is 24.3 Å². The zero-order valence-corrected chi connectivity index (χ0v) is 11.8. The maximum absolute atomic E-state index is 12.3. The molecule has 3 nitrogen and oxygen atoms in total. The second-order valence-electron chi connectivity index (χ2n) is 5.63. The Morgan fingerprint density at radius 1 is 1.32 bits per heavy atom. The Balaban J connectivity index is 1.95. The van der Waals surface area contributed by atoms with Crippen molar-refractivity contribution in [1.29, 1.82) is 0 Å². The number of carbonyl (C=O) groups excluding carboxylic acids is 1. The van der Waals surface area contributed by atoms with E-state index >= 15 is 0 Å². The molecule has 1 fully saturated rings. The van der Waals surface area contributed by atoms with E-state index in [1.54, 1.807) is 12.1 Å². The van der Waals surface area contributed by atoms with Crippen LogP contribution in [0.3, 0.4) is 0 Å². The molecule has 0 radical (unpaired) electrons. The van der Waals surface area contributed by atoms with Gasteiger partial charge in [-0.05, 0) is 43.4 Å². The number of carbonyl (C=O) groups is 1. The lowest BCUT2D eigenvalue weighted by Crippen LogP contribution is -2.30. The van der Waals surface area contributed by atoms with Gasteiger partial charge in [0.1, 0.15) is 5.75 Å². The zero-order valence-electron chi connectivity index (χ0n) is 11.8. The van der Waals surface area contributed by atoms with E-state index in [-0.39, 0.29) is 17.7 Å². The highest BCUT2D eigenvalue weighted by atomic mass is 16.3. The van der Waals surface area contributed by atoms with E-state index in [9.17, 15) is 9.90 Å². The van der Waals surface area contributed by atoms with Gasteiger partial charge < -0.3 is 10.0 Å². The predicted octanol–water partition coefficient (Wildman–Crippen LogP) is 3.49. The van der Waals surface area contributed by atoms with Crippen LogP contribution in [0.25, 0.3) is 0 Å². The van der Waals surface area contributed by atoms with Crippen LogP contribution in [-0.2, 0) is 4.79 Å². The molecule has 1 atom stereocenters. The molecule has 1 aliphatic carbocycles. The normalized spacial score (nSPS) is 17.4. The number of benzene rings is 1. The van der Waals surface area contributed by atoms with Crippen molar-refractivity contribution in [2.45, 2.75) is 45.1 Å². The zero-order chi connectivity index (χ0) is 13.8. The standard InChI is InChI=1S/C16H23NO2/c1-12(14-7-9-15(18)10-8-14)17(2)16(19)11-13-5-3-4-6-13/h7-10,12-13,18H,3-6,11H2,1-2H3. The van der Waals surface area contributed by atoms with Crippen LogP contribution in [0.5, 0.6) is 5.75 Å². The van der Waals surface area contributed by atoms with Crippen LogP contribution >= 0.6 is 0 Å². The van der Waals surface area contributed by atoms with Gasteiger partial charge in [-0.1, -0.05) is 25.0 Å². The lowest BCUT2D eigenvalue weighted by molar-refractivity contribution is -0.132. The van der Waals surface area contributed by atoms with E-state index in [4.69, 9.17) is 0 Å². The van der Waals surface area contributed by atoms with Gasteiger partial charge in [-0.15, -0.1) is 0 Å². The molecule has 3 heteroatoms. The Bertz CT molecular complexity index is 421. The van der Waals surface area contributed by atoms with Gasteiger partial charge in [-0.3, -0.25) is 4.79 Å². The smallest absolute Gasteiger partial charge is 0.223 e.